The van der Waals surface area contributed by atoms with Crippen molar-refractivity contribution < 1.29 is 9.59 Å². The predicted octanol–water partition coefficient (Wildman–Crippen LogP) is 0.279. The molecule has 0 fully saturated rings. The van der Waals surface area contributed by atoms with Gasteiger partial charge in [0.1, 0.15) is 0 Å². The van der Waals surface area contributed by atoms with Crippen molar-refractivity contribution >= 4 is 11.7 Å². The summed E-state index contributed by atoms with van der Waals surface area (Å²) in [6.07, 6.45) is 5.41. The van der Waals surface area contributed by atoms with E-state index in [0.717, 1.165) is 5.69 Å². The van der Waals surface area contributed by atoms with Crippen LogP contribution in [0.25, 0.3) is 0 Å². The van der Waals surface area contributed by atoms with Crippen molar-refractivity contribution in [2.75, 3.05) is 0 Å². The molecule has 0 aliphatic rings. The monoisotopic (exact) mass is 250 g/mol. The standard InChI is InChI=1S/C12H18N4O2/c1-3-10(11(17)4-2)16-12(18)9(13)5-8-6-14-7-15-8/h3,6-7,9H,4-5,13H2,1-2H3,(H,14,15)(H,16,18)/b10-3-/t9-/m0/s1. The van der Waals surface area contributed by atoms with Gasteiger partial charge in [-0.15, -0.1) is 0 Å². The molecule has 0 spiro atoms. The van der Waals surface area contributed by atoms with Gasteiger partial charge in [0.05, 0.1) is 18.1 Å². The van der Waals surface area contributed by atoms with Crippen molar-refractivity contribution in [3.8, 4) is 0 Å². The van der Waals surface area contributed by atoms with Crippen LogP contribution >= 0.6 is 0 Å². The van der Waals surface area contributed by atoms with Crippen molar-refractivity contribution in [2.24, 2.45) is 5.73 Å². The first-order valence-corrected chi connectivity index (χ1v) is 5.81. The zero-order valence-electron chi connectivity index (χ0n) is 10.6. The van der Waals surface area contributed by atoms with Crippen LogP contribution in [0.1, 0.15) is 26.0 Å². The van der Waals surface area contributed by atoms with Gasteiger partial charge in [0.15, 0.2) is 5.78 Å². The Labute approximate surface area is 106 Å². The van der Waals surface area contributed by atoms with Crippen LogP contribution in [0.5, 0.6) is 0 Å². The number of H-pyrrole nitrogens is 1. The first-order valence-electron chi connectivity index (χ1n) is 5.81. The maximum absolute atomic E-state index is 11.8. The highest BCUT2D eigenvalue weighted by Crippen LogP contribution is 2.00. The molecular weight excluding hydrogens is 232 g/mol. The molecule has 0 aromatic carbocycles. The topological polar surface area (TPSA) is 101 Å². The van der Waals surface area contributed by atoms with Crippen molar-refractivity contribution in [3.63, 3.8) is 0 Å². The number of rotatable bonds is 6. The Balaban J connectivity index is 2.56. The fraction of sp³-hybridized carbons (Fsp3) is 0.417. The molecule has 6 heteroatoms. The number of ketones is 1. The Hall–Kier alpha value is -1.95. The van der Waals surface area contributed by atoms with E-state index in [1.165, 1.54) is 6.33 Å². The van der Waals surface area contributed by atoms with E-state index < -0.39 is 6.04 Å². The SMILES string of the molecule is C/C=C(\NC(=O)[C@@H](N)Cc1cnc[nH]1)C(=O)CC. The molecule has 0 saturated carbocycles. The van der Waals surface area contributed by atoms with Gasteiger partial charge in [-0.25, -0.2) is 4.98 Å². The maximum atomic E-state index is 11.8. The second kappa shape index (κ2) is 6.70. The van der Waals surface area contributed by atoms with Gasteiger partial charge < -0.3 is 16.0 Å². The molecule has 0 saturated heterocycles. The smallest absolute Gasteiger partial charge is 0.241 e. The van der Waals surface area contributed by atoms with Crippen LogP contribution in [0.15, 0.2) is 24.3 Å². The van der Waals surface area contributed by atoms with Crippen LogP contribution in [-0.2, 0) is 16.0 Å². The molecule has 98 valence electrons. The summed E-state index contributed by atoms with van der Waals surface area (Å²) in [6.45, 7) is 3.44. The third kappa shape index (κ3) is 3.81. The number of carbonyl (C=O) groups excluding carboxylic acids is 2. The lowest BCUT2D eigenvalue weighted by molar-refractivity contribution is -0.124. The number of imidazole rings is 1. The lowest BCUT2D eigenvalue weighted by Gasteiger charge is -2.12. The number of hydrogen-bond donors (Lipinski definition) is 3. The molecule has 0 unspecified atom stereocenters. The molecule has 4 N–H and O–H groups in total. The normalized spacial score (nSPS) is 13.2. The van der Waals surface area contributed by atoms with E-state index in [2.05, 4.69) is 15.3 Å². The molecule has 0 bridgehead atoms. The quantitative estimate of drug-likeness (QED) is 0.631. The highest BCUT2D eigenvalue weighted by Gasteiger charge is 2.17. The summed E-state index contributed by atoms with van der Waals surface area (Å²) in [4.78, 5) is 30.0. The average molecular weight is 250 g/mol. The predicted molar refractivity (Wildman–Crippen MR) is 67.5 cm³/mol. The zero-order valence-corrected chi connectivity index (χ0v) is 10.6. The Morgan fingerprint density at radius 2 is 2.33 bits per heavy atom. The van der Waals surface area contributed by atoms with Crippen LogP contribution in [0.3, 0.4) is 0 Å². The molecule has 0 radical (unpaired) electrons. The lowest BCUT2D eigenvalue weighted by Crippen LogP contribution is -2.42. The van der Waals surface area contributed by atoms with E-state index in [0.29, 0.717) is 18.5 Å². The highest BCUT2D eigenvalue weighted by atomic mass is 16.2. The van der Waals surface area contributed by atoms with Gasteiger partial charge in [-0.05, 0) is 6.92 Å². The Morgan fingerprint density at radius 1 is 1.61 bits per heavy atom. The second-order valence-electron chi connectivity index (χ2n) is 3.86. The number of Topliss-reactive ketones (excluding diaryl/α,β-unsaturated/α-hetero) is 1. The third-order valence-corrected chi connectivity index (χ3v) is 2.50. The van der Waals surface area contributed by atoms with Crippen LogP contribution in [0.4, 0.5) is 0 Å². The van der Waals surface area contributed by atoms with Gasteiger partial charge in [0.2, 0.25) is 5.91 Å². The van der Waals surface area contributed by atoms with Gasteiger partial charge >= 0.3 is 0 Å². The minimum Gasteiger partial charge on any atom is -0.348 e. The van der Waals surface area contributed by atoms with Crippen LogP contribution < -0.4 is 11.1 Å². The fourth-order valence-corrected chi connectivity index (χ4v) is 1.44. The molecule has 0 aliphatic heterocycles. The van der Waals surface area contributed by atoms with Crippen LogP contribution in [0.2, 0.25) is 0 Å². The summed E-state index contributed by atoms with van der Waals surface area (Å²) in [5.41, 5.74) is 6.83. The number of hydrogen-bond acceptors (Lipinski definition) is 4. The molecular formula is C12H18N4O2. The molecule has 1 heterocycles. The zero-order chi connectivity index (χ0) is 13.5. The highest BCUT2D eigenvalue weighted by molar-refractivity contribution is 5.99. The van der Waals surface area contributed by atoms with E-state index in [1.54, 1.807) is 26.1 Å². The summed E-state index contributed by atoms with van der Waals surface area (Å²) >= 11 is 0. The van der Waals surface area contributed by atoms with E-state index in [-0.39, 0.29) is 11.7 Å². The fourth-order valence-electron chi connectivity index (χ4n) is 1.44. The number of nitrogens with one attached hydrogen (secondary N) is 2. The third-order valence-electron chi connectivity index (χ3n) is 2.50. The second-order valence-corrected chi connectivity index (χ2v) is 3.86. The lowest BCUT2D eigenvalue weighted by atomic mass is 10.1. The molecule has 1 aromatic rings. The van der Waals surface area contributed by atoms with E-state index in [4.69, 9.17) is 5.73 Å². The van der Waals surface area contributed by atoms with Crippen molar-refractivity contribution in [1.29, 1.82) is 0 Å². The minimum atomic E-state index is -0.718. The molecule has 1 aromatic heterocycles. The van der Waals surface area contributed by atoms with Crippen molar-refractivity contribution in [3.05, 3.63) is 30.0 Å². The number of nitrogens with zero attached hydrogens (tertiary/aromatic N) is 1. The number of carbonyl (C=O) groups is 2. The average Bonchev–Trinajstić information content (AvgIpc) is 2.87. The largest absolute Gasteiger partial charge is 0.348 e. The van der Waals surface area contributed by atoms with Crippen LogP contribution in [0, 0.1) is 0 Å². The molecule has 0 aliphatic carbocycles. The summed E-state index contributed by atoms with van der Waals surface area (Å²) in [6, 6.07) is -0.718. The minimum absolute atomic E-state index is 0.111. The first kappa shape index (κ1) is 14.1. The molecule has 1 amide bonds. The summed E-state index contributed by atoms with van der Waals surface area (Å²) < 4.78 is 0. The Kier molecular flexibility index (Phi) is 5.26. The van der Waals surface area contributed by atoms with Crippen molar-refractivity contribution in [2.45, 2.75) is 32.7 Å². The van der Waals surface area contributed by atoms with E-state index in [1.807, 2.05) is 0 Å². The van der Waals surface area contributed by atoms with Gasteiger partial charge in [-0.3, -0.25) is 9.59 Å². The maximum Gasteiger partial charge on any atom is 0.241 e. The van der Waals surface area contributed by atoms with E-state index in [9.17, 15) is 9.59 Å². The summed E-state index contributed by atoms with van der Waals surface area (Å²) in [5.74, 6) is -0.487. The first-order chi connectivity index (χ1) is 8.58. The molecule has 18 heavy (non-hydrogen) atoms. The summed E-state index contributed by atoms with van der Waals surface area (Å²) in [7, 11) is 0. The Morgan fingerprint density at radius 3 is 2.83 bits per heavy atom. The van der Waals surface area contributed by atoms with Crippen LogP contribution in [-0.4, -0.2) is 27.7 Å². The molecule has 1 rings (SSSR count). The molecule has 6 nitrogen and oxygen atoms in total. The van der Waals surface area contributed by atoms with Gasteiger partial charge in [-0.1, -0.05) is 13.0 Å². The van der Waals surface area contributed by atoms with E-state index >= 15 is 0 Å². The number of amides is 1. The molecule has 1 atom stereocenters. The number of aromatic amines is 1. The van der Waals surface area contributed by atoms with Gasteiger partial charge in [0, 0.05) is 24.7 Å². The van der Waals surface area contributed by atoms with Gasteiger partial charge in [-0.2, -0.15) is 0 Å². The number of allylic oxidation sites excluding steroid dienone is 2. The summed E-state index contributed by atoms with van der Waals surface area (Å²) in [5, 5.41) is 2.54. The number of nitrogens with two attached hydrogens (primary N) is 1. The van der Waals surface area contributed by atoms with Gasteiger partial charge in [0.25, 0.3) is 0 Å². The Bertz CT molecular complexity index is 437. The van der Waals surface area contributed by atoms with Crippen molar-refractivity contribution in [1.82, 2.24) is 15.3 Å². The number of aromatic nitrogens is 2.